The number of rotatable bonds is 3. The Hall–Kier alpha value is -1.42. The molecule has 1 aliphatic heterocycles. The van der Waals surface area contributed by atoms with Crippen molar-refractivity contribution in [1.29, 1.82) is 5.26 Å². The number of hydrogen-bond acceptors (Lipinski definition) is 4. The molecule has 1 heterocycles. The number of nitriles is 1. The van der Waals surface area contributed by atoms with Crippen molar-refractivity contribution in [1.82, 2.24) is 4.31 Å². The second-order valence-electron chi connectivity index (χ2n) is 5.18. The Bertz CT molecular complexity index is 622. The molecule has 1 aromatic rings. The molecule has 20 heavy (non-hydrogen) atoms. The lowest BCUT2D eigenvalue weighted by molar-refractivity contribution is 0.192. The molecular weight excluding hydrogens is 274 g/mol. The van der Waals surface area contributed by atoms with Crippen molar-refractivity contribution in [2.75, 3.05) is 13.1 Å². The summed E-state index contributed by atoms with van der Waals surface area (Å²) in [6.45, 7) is 2.84. The Balaban J connectivity index is 2.40. The molecule has 1 aliphatic rings. The lowest BCUT2D eigenvalue weighted by Crippen LogP contribution is -2.51. The van der Waals surface area contributed by atoms with Crippen molar-refractivity contribution >= 4 is 10.0 Å². The van der Waals surface area contributed by atoms with Crippen molar-refractivity contribution in [3.8, 4) is 6.07 Å². The maximum atomic E-state index is 12.7. The van der Waals surface area contributed by atoms with Gasteiger partial charge in [-0.1, -0.05) is 13.0 Å². The van der Waals surface area contributed by atoms with Gasteiger partial charge in [0.2, 0.25) is 10.0 Å². The number of nitrogens with zero attached hydrogens (tertiary/aromatic N) is 2. The summed E-state index contributed by atoms with van der Waals surface area (Å²) in [5, 5.41) is 8.90. The van der Waals surface area contributed by atoms with Crippen LogP contribution < -0.4 is 5.73 Å². The van der Waals surface area contributed by atoms with Crippen LogP contribution in [-0.2, 0) is 10.0 Å². The third kappa shape index (κ3) is 2.70. The molecule has 2 rings (SSSR count). The molecule has 2 atom stereocenters. The molecule has 0 saturated carbocycles. The van der Waals surface area contributed by atoms with Gasteiger partial charge in [0.15, 0.2) is 0 Å². The molecule has 1 saturated heterocycles. The number of nitrogens with two attached hydrogens (primary N) is 1. The van der Waals surface area contributed by atoms with Gasteiger partial charge in [-0.2, -0.15) is 9.57 Å². The van der Waals surface area contributed by atoms with E-state index in [9.17, 15) is 8.42 Å². The maximum absolute atomic E-state index is 12.7. The van der Waals surface area contributed by atoms with Crippen LogP contribution in [0.4, 0.5) is 0 Å². The first-order valence-corrected chi connectivity index (χ1v) is 8.16. The van der Waals surface area contributed by atoms with Gasteiger partial charge in [0.1, 0.15) is 0 Å². The Morgan fingerprint density at radius 3 is 2.90 bits per heavy atom. The first-order valence-electron chi connectivity index (χ1n) is 6.72. The van der Waals surface area contributed by atoms with Crippen LogP contribution in [0.1, 0.15) is 25.3 Å². The van der Waals surface area contributed by atoms with Crippen molar-refractivity contribution < 1.29 is 8.42 Å². The SMILES string of the molecule is CC1CCCN(S(=O)(=O)c2cccc(C#N)c2)C1CN. The second kappa shape index (κ2) is 5.92. The van der Waals surface area contributed by atoms with E-state index in [1.165, 1.54) is 16.4 Å². The summed E-state index contributed by atoms with van der Waals surface area (Å²) >= 11 is 0. The van der Waals surface area contributed by atoms with E-state index >= 15 is 0 Å². The average Bonchev–Trinajstić information content (AvgIpc) is 2.47. The molecule has 5 nitrogen and oxygen atoms in total. The Morgan fingerprint density at radius 2 is 2.25 bits per heavy atom. The summed E-state index contributed by atoms with van der Waals surface area (Å²) in [6, 6.07) is 7.94. The largest absolute Gasteiger partial charge is 0.329 e. The lowest BCUT2D eigenvalue weighted by Gasteiger charge is -2.38. The zero-order chi connectivity index (χ0) is 14.8. The molecule has 0 aromatic heterocycles. The summed E-state index contributed by atoms with van der Waals surface area (Å²) < 4.78 is 27.0. The summed E-state index contributed by atoms with van der Waals surface area (Å²) in [5.41, 5.74) is 6.10. The van der Waals surface area contributed by atoms with Gasteiger partial charge in [0.25, 0.3) is 0 Å². The van der Waals surface area contributed by atoms with E-state index in [-0.39, 0.29) is 16.9 Å². The van der Waals surface area contributed by atoms with Crippen LogP contribution in [0, 0.1) is 17.2 Å². The molecule has 0 amide bonds. The van der Waals surface area contributed by atoms with Crippen molar-refractivity contribution in [2.24, 2.45) is 11.7 Å². The average molecular weight is 293 g/mol. The molecule has 108 valence electrons. The van der Waals surface area contributed by atoms with Gasteiger partial charge in [-0.25, -0.2) is 8.42 Å². The number of sulfonamides is 1. The fourth-order valence-electron chi connectivity index (χ4n) is 2.72. The third-order valence-corrected chi connectivity index (χ3v) is 5.80. The normalized spacial score (nSPS) is 24.2. The van der Waals surface area contributed by atoms with Crippen molar-refractivity contribution in [3.05, 3.63) is 29.8 Å². The molecular formula is C14H19N3O2S. The predicted octanol–water partition coefficient (Wildman–Crippen LogP) is 1.31. The van der Waals surface area contributed by atoms with Gasteiger partial charge in [0, 0.05) is 19.1 Å². The van der Waals surface area contributed by atoms with E-state index in [2.05, 4.69) is 0 Å². The fraction of sp³-hybridized carbons (Fsp3) is 0.500. The van der Waals surface area contributed by atoms with Crippen LogP contribution in [0.5, 0.6) is 0 Å². The highest BCUT2D eigenvalue weighted by Crippen LogP contribution is 2.28. The number of hydrogen-bond donors (Lipinski definition) is 1. The fourth-order valence-corrected chi connectivity index (χ4v) is 4.54. The van der Waals surface area contributed by atoms with E-state index in [0.29, 0.717) is 18.7 Å². The highest BCUT2D eigenvalue weighted by atomic mass is 32.2. The molecule has 0 aliphatic carbocycles. The van der Waals surface area contributed by atoms with E-state index in [0.717, 1.165) is 12.8 Å². The van der Waals surface area contributed by atoms with E-state index in [1.807, 2.05) is 13.0 Å². The highest BCUT2D eigenvalue weighted by molar-refractivity contribution is 7.89. The summed E-state index contributed by atoms with van der Waals surface area (Å²) in [5.74, 6) is 0.252. The number of piperidine rings is 1. The van der Waals surface area contributed by atoms with E-state index in [1.54, 1.807) is 12.1 Å². The molecule has 0 bridgehead atoms. The lowest BCUT2D eigenvalue weighted by atomic mass is 9.93. The molecule has 2 unspecified atom stereocenters. The highest BCUT2D eigenvalue weighted by Gasteiger charge is 2.36. The monoisotopic (exact) mass is 293 g/mol. The summed E-state index contributed by atoms with van der Waals surface area (Å²) in [7, 11) is -3.59. The maximum Gasteiger partial charge on any atom is 0.243 e. The topological polar surface area (TPSA) is 87.2 Å². The molecule has 0 spiro atoms. The van der Waals surface area contributed by atoms with Crippen LogP contribution >= 0.6 is 0 Å². The first-order chi connectivity index (χ1) is 9.50. The predicted molar refractivity (Wildman–Crippen MR) is 76.3 cm³/mol. The first kappa shape index (κ1) is 15.0. The van der Waals surface area contributed by atoms with Gasteiger partial charge < -0.3 is 5.73 Å². The van der Waals surface area contributed by atoms with Crippen LogP contribution in [0.2, 0.25) is 0 Å². The minimum Gasteiger partial charge on any atom is -0.329 e. The van der Waals surface area contributed by atoms with Crippen LogP contribution in [-0.4, -0.2) is 31.9 Å². The van der Waals surface area contributed by atoms with Crippen LogP contribution in [0.15, 0.2) is 29.2 Å². The van der Waals surface area contributed by atoms with Gasteiger partial charge in [-0.05, 0) is 37.0 Å². The molecule has 6 heteroatoms. The van der Waals surface area contributed by atoms with Crippen molar-refractivity contribution in [2.45, 2.75) is 30.7 Å². The Kier molecular flexibility index (Phi) is 4.43. The van der Waals surface area contributed by atoms with E-state index in [4.69, 9.17) is 11.0 Å². The molecule has 0 radical (unpaired) electrons. The minimum absolute atomic E-state index is 0.167. The Morgan fingerprint density at radius 1 is 1.50 bits per heavy atom. The second-order valence-corrected chi connectivity index (χ2v) is 7.07. The summed E-state index contributed by atoms with van der Waals surface area (Å²) in [6.07, 6.45) is 1.83. The van der Waals surface area contributed by atoms with Gasteiger partial charge >= 0.3 is 0 Å². The van der Waals surface area contributed by atoms with E-state index < -0.39 is 10.0 Å². The van der Waals surface area contributed by atoms with Gasteiger partial charge in [-0.15, -0.1) is 0 Å². The Labute approximate surface area is 120 Å². The zero-order valence-corrected chi connectivity index (χ0v) is 12.3. The third-order valence-electron chi connectivity index (χ3n) is 3.88. The van der Waals surface area contributed by atoms with Gasteiger partial charge in [0.05, 0.1) is 16.5 Å². The molecule has 2 N–H and O–H groups in total. The molecule has 1 fully saturated rings. The quantitative estimate of drug-likeness (QED) is 0.910. The molecule has 1 aromatic carbocycles. The zero-order valence-electron chi connectivity index (χ0n) is 11.5. The van der Waals surface area contributed by atoms with Gasteiger partial charge in [-0.3, -0.25) is 0 Å². The summed E-state index contributed by atoms with van der Waals surface area (Å²) in [4.78, 5) is 0.170. The number of benzene rings is 1. The standard InChI is InChI=1S/C14H19N3O2S/c1-11-4-3-7-17(14(11)10-16)20(18,19)13-6-2-5-12(8-13)9-15/h2,5-6,8,11,14H,3-4,7,10,16H2,1H3. The van der Waals surface area contributed by atoms with Crippen LogP contribution in [0.3, 0.4) is 0 Å². The minimum atomic E-state index is -3.59. The smallest absolute Gasteiger partial charge is 0.243 e. The van der Waals surface area contributed by atoms with Crippen LogP contribution in [0.25, 0.3) is 0 Å². The van der Waals surface area contributed by atoms with Crippen molar-refractivity contribution in [3.63, 3.8) is 0 Å².